The van der Waals surface area contributed by atoms with Crippen LogP contribution in [-0.2, 0) is 14.3 Å². The van der Waals surface area contributed by atoms with Crippen molar-refractivity contribution in [1.82, 2.24) is 0 Å². The van der Waals surface area contributed by atoms with Crippen molar-refractivity contribution in [3.8, 4) is 22.6 Å². The van der Waals surface area contributed by atoms with Gasteiger partial charge in [0.05, 0.1) is 14.2 Å². The van der Waals surface area contributed by atoms with Crippen LogP contribution in [0.1, 0.15) is 12.5 Å². The van der Waals surface area contributed by atoms with E-state index in [0.717, 1.165) is 11.1 Å². The third-order valence-corrected chi connectivity index (χ3v) is 4.77. The number of para-hydroxylation sites is 1. The molecule has 1 amide bonds. The summed E-state index contributed by atoms with van der Waals surface area (Å²) in [5.41, 5.74) is 3.18. The van der Waals surface area contributed by atoms with Gasteiger partial charge in [0, 0.05) is 29.0 Å². The van der Waals surface area contributed by atoms with Gasteiger partial charge in [-0.2, -0.15) is 0 Å². The van der Waals surface area contributed by atoms with Gasteiger partial charge in [-0.15, -0.1) is 0 Å². The summed E-state index contributed by atoms with van der Waals surface area (Å²) >= 11 is 0. The van der Waals surface area contributed by atoms with Crippen LogP contribution in [0.3, 0.4) is 0 Å². The van der Waals surface area contributed by atoms with E-state index in [1.807, 2.05) is 54.6 Å². The first-order chi connectivity index (χ1) is 15.5. The van der Waals surface area contributed by atoms with Crippen LogP contribution in [0.5, 0.6) is 11.5 Å². The van der Waals surface area contributed by atoms with E-state index in [1.165, 1.54) is 20.1 Å². The van der Waals surface area contributed by atoms with E-state index in [2.05, 4.69) is 5.32 Å². The Bertz CT molecular complexity index is 1110. The molecule has 0 aliphatic rings. The lowest BCUT2D eigenvalue weighted by Crippen LogP contribution is -2.29. The van der Waals surface area contributed by atoms with Crippen LogP contribution in [-0.4, -0.2) is 32.2 Å². The van der Waals surface area contributed by atoms with Crippen molar-refractivity contribution in [2.24, 2.45) is 0 Å². The maximum absolute atomic E-state index is 12.6. The van der Waals surface area contributed by atoms with Gasteiger partial charge in [-0.25, -0.2) is 4.79 Å². The highest BCUT2D eigenvalue weighted by molar-refractivity contribution is 5.99. The van der Waals surface area contributed by atoms with Gasteiger partial charge in [-0.1, -0.05) is 48.5 Å². The van der Waals surface area contributed by atoms with Crippen LogP contribution in [0.2, 0.25) is 0 Å². The summed E-state index contributed by atoms with van der Waals surface area (Å²) in [5, 5.41) is 2.84. The normalized spacial score (nSPS) is 11.6. The molecule has 164 valence electrons. The van der Waals surface area contributed by atoms with Crippen molar-refractivity contribution in [3.05, 3.63) is 84.4 Å². The largest absolute Gasteiger partial charge is 0.497 e. The molecule has 0 aliphatic carbocycles. The van der Waals surface area contributed by atoms with Crippen LogP contribution >= 0.6 is 0 Å². The molecule has 0 heterocycles. The predicted octanol–water partition coefficient (Wildman–Crippen LogP) is 4.95. The molecule has 6 heteroatoms. The van der Waals surface area contributed by atoms with E-state index >= 15 is 0 Å². The Morgan fingerprint density at radius 2 is 1.62 bits per heavy atom. The Kier molecular flexibility index (Phi) is 7.65. The molecule has 32 heavy (non-hydrogen) atoms. The van der Waals surface area contributed by atoms with Gasteiger partial charge in [0.1, 0.15) is 11.5 Å². The number of rotatable bonds is 8. The molecule has 3 rings (SSSR count). The standard InChI is InChI=1S/C26H25NO5/c1-18(32-25(28)16-14-20-13-15-21(30-2)17-24(20)31-3)26(29)27-23-12-8-7-11-22(23)19-9-5-4-6-10-19/h4-18H,1-3H3,(H,27,29)/b16-14+. The number of hydrogen-bond donors (Lipinski definition) is 1. The third-order valence-electron chi connectivity index (χ3n) is 4.77. The van der Waals surface area contributed by atoms with Gasteiger partial charge in [0.15, 0.2) is 6.10 Å². The topological polar surface area (TPSA) is 73.9 Å². The number of nitrogens with one attached hydrogen (secondary N) is 1. The van der Waals surface area contributed by atoms with Crippen molar-refractivity contribution in [2.45, 2.75) is 13.0 Å². The van der Waals surface area contributed by atoms with Crippen LogP contribution in [0.25, 0.3) is 17.2 Å². The molecule has 1 unspecified atom stereocenters. The summed E-state index contributed by atoms with van der Waals surface area (Å²) in [7, 11) is 3.09. The zero-order valence-electron chi connectivity index (χ0n) is 18.2. The molecule has 0 aliphatic heterocycles. The smallest absolute Gasteiger partial charge is 0.331 e. The molecule has 6 nitrogen and oxygen atoms in total. The average Bonchev–Trinajstić information content (AvgIpc) is 2.83. The highest BCUT2D eigenvalue weighted by atomic mass is 16.5. The minimum absolute atomic E-state index is 0.419. The Morgan fingerprint density at radius 1 is 0.906 bits per heavy atom. The lowest BCUT2D eigenvalue weighted by atomic mass is 10.0. The maximum Gasteiger partial charge on any atom is 0.331 e. The number of carbonyl (C=O) groups is 2. The third kappa shape index (κ3) is 5.76. The minimum atomic E-state index is -0.978. The van der Waals surface area contributed by atoms with E-state index in [1.54, 1.807) is 31.4 Å². The van der Waals surface area contributed by atoms with E-state index < -0.39 is 18.0 Å². The Labute approximate surface area is 187 Å². The SMILES string of the molecule is COc1ccc(/C=C/C(=O)OC(C)C(=O)Nc2ccccc2-c2ccccc2)c(OC)c1. The molecule has 0 saturated heterocycles. The number of anilines is 1. The number of methoxy groups -OCH3 is 2. The molecular formula is C26H25NO5. The Balaban J connectivity index is 1.64. The molecule has 3 aromatic rings. The van der Waals surface area contributed by atoms with Crippen LogP contribution < -0.4 is 14.8 Å². The fraction of sp³-hybridized carbons (Fsp3) is 0.154. The van der Waals surface area contributed by atoms with Crippen molar-refractivity contribution < 1.29 is 23.8 Å². The molecule has 0 bridgehead atoms. The number of carbonyl (C=O) groups excluding carboxylic acids is 2. The van der Waals surface area contributed by atoms with Crippen molar-refractivity contribution in [2.75, 3.05) is 19.5 Å². The quantitative estimate of drug-likeness (QED) is 0.403. The van der Waals surface area contributed by atoms with E-state index in [9.17, 15) is 9.59 Å². The summed E-state index contributed by atoms with van der Waals surface area (Å²) < 4.78 is 15.7. The molecule has 1 N–H and O–H groups in total. The lowest BCUT2D eigenvalue weighted by Gasteiger charge is -2.15. The first-order valence-electron chi connectivity index (χ1n) is 10.1. The molecule has 1 atom stereocenters. The zero-order valence-corrected chi connectivity index (χ0v) is 18.2. The highest BCUT2D eigenvalue weighted by Crippen LogP contribution is 2.28. The van der Waals surface area contributed by atoms with Gasteiger partial charge in [0.25, 0.3) is 5.91 Å². The summed E-state index contributed by atoms with van der Waals surface area (Å²) in [6.45, 7) is 1.53. The lowest BCUT2D eigenvalue weighted by molar-refractivity contribution is -0.148. The van der Waals surface area contributed by atoms with Crippen molar-refractivity contribution >= 4 is 23.6 Å². The number of ether oxygens (including phenoxy) is 3. The summed E-state index contributed by atoms with van der Waals surface area (Å²) in [4.78, 5) is 24.9. The number of amides is 1. The molecule has 0 aromatic heterocycles. The fourth-order valence-corrected chi connectivity index (χ4v) is 3.08. The number of esters is 1. The van der Waals surface area contributed by atoms with E-state index in [4.69, 9.17) is 14.2 Å². The van der Waals surface area contributed by atoms with Crippen LogP contribution in [0.15, 0.2) is 78.9 Å². The van der Waals surface area contributed by atoms with Gasteiger partial charge in [-0.3, -0.25) is 4.79 Å². The summed E-state index contributed by atoms with van der Waals surface area (Å²) in [5.74, 6) is 0.137. The monoisotopic (exact) mass is 431 g/mol. The van der Waals surface area contributed by atoms with Crippen LogP contribution in [0.4, 0.5) is 5.69 Å². The van der Waals surface area contributed by atoms with E-state index in [0.29, 0.717) is 22.7 Å². The second-order valence-corrected chi connectivity index (χ2v) is 6.92. The van der Waals surface area contributed by atoms with Gasteiger partial charge in [0.2, 0.25) is 0 Å². The first-order valence-corrected chi connectivity index (χ1v) is 10.1. The molecule has 0 spiro atoms. The average molecular weight is 431 g/mol. The minimum Gasteiger partial charge on any atom is -0.497 e. The van der Waals surface area contributed by atoms with Gasteiger partial charge < -0.3 is 19.5 Å². The molecule has 0 fully saturated rings. The number of hydrogen-bond acceptors (Lipinski definition) is 5. The van der Waals surface area contributed by atoms with Gasteiger partial charge >= 0.3 is 5.97 Å². The second-order valence-electron chi connectivity index (χ2n) is 6.92. The summed E-state index contributed by atoms with van der Waals surface area (Å²) in [6, 6.07) is 22.4. The predicted molar refractivity (Wildman–Crippen MR) is 125 cm³/mol. The van der Waals surface area contributed by atoms with Crippen molar-refractivity contribution in [1.29, 1.82) is 0 Å². The van der Waals surface area contributed by atoms with Crippen LogP contribution in [0, 0.1) is 0 Å². The first kappa shape index (κ1) is 22.6. The summed E-state index contributed by atoms with van der Waals surface area (Å²) in [6.07, 6.45) is 1.84. The maximum atomic E-state index is 12.6. The molecule has 0 radical (unpaired) electrons. The second kappa shape index (κ2) is 10.8. The molecular weight excluding hydrogens is 406 g/mol. The number of benzene rings is 3. The fourth-order valence-electron chi connectivity index (χ4n) is 3.08. The Morgan fingerprint density at radius 3 is 2.34 bits per heavy atom. The Hall–Kier alpha value is -4.06. The van der Waals surface area contributed by atoms with E-state index in [-0.39, 0.29) is 0 Å². The molecule has 3 aromatic carbocycles. The highest BCUT2D eigenvalue weighted by Gasteiger charge is 2.18. The molecule has 0 saturated carbocycles. The van der Waals surface area contributed by atoms with Crippen molar-refractivity contribution in [3.63, 3.8) is 0 Å². The zero-order chi connectivity index (χ0) is 22.9. The van der Waals surface area contributed by atoms with Gasteiger partial charge in [-0.05, 0) is 36.8 Å².